The summed E-state index contributed by atoms with van der Waals surface area (Å²) in [5.74, 6) is -2.81. The van der Waals surface area contributed by atoms with Crippen molar-refractivity contribution in [2.45, 2.75) is 65.0 Å². The van der Waals surface area contributed by atoms with E-state index in [1.54, 1.807) is 11.9 Å². The molecule has 48 heavy (non-hydrogen) atoms. The number of rotatable bonds is 5. The van der Waals surface area contributed by atoms with Crippen molar-refractivity contribution in [1.82, 2.24) is 24.4 Å². The predicted octanol–water partition coefficient (Wildman–Crippen LogP) is 6.16. The van der Waals surface area contributed by atoms with Crippen LogP contribution in [0.2, 0.25) is 5.02 Å². The van der Waals surface area contributed by atoms with Crippen molar-refractivity contribution >= 4 is 39.9 Å². The van der Waals surface area contributed by atoms with Gasteiger partial charge in [-0.15, -0.1) is 0 Å². The van der Waals surface area contributed by atoms with Gasteiger partial charge in [-0.3, -0.25) is 9.36 Å². The normalized spacial score (nSPS) is 17.9. The Morgan fingerprint density at radius 3 is 2.35 bits per heavy atom. The molecule has 0 bridgehead atoms. The number of fused-ring (bicyclic) bond motifs is 2. The summed E-state index contributed by atoms with van der Waals surface area (Å²) in [6.07, 6.45) is 3.23. The van der Waals surface area contributed by atoms with Gasteiger partial charge in [0.2, 0.25) is 5.91 Å². The first kappa shape index (κ1) is 33.3. The second-order valence-electron chi connectivity index (χ2n) is 13.1. The Labute approximate surface area is 282 Å². The monoisotopic (exact) mass is 677 g/mol. The van der Waals surface area contributed by atoms with Crippen LogP contribution >= 0.6 is 11.6 Å². The van der Waals surface area contributed by atoms with E-state index in [1.807, 2.05) is 44.4 Å². The van der Waals surface area contributed by atoms with E-state index in [2.05, 4.69) is 21.5 Å². The van der Waals surface area contributed by atoms with Crippen LogP contribution < -0.4 is 15.5 Å². The molecule has 10 nitrogen and oxygen atoms in total. The lowest BCUT2D eigenvalue weighted by Crippen LogP contribution is -2.60. The van der Waals surface area contributed by atoms with E-state index in [0.717, 1.165) is 6.07 Å². The van der Waals surface area contributed by atoms with Crippen LogP contribution in [0.4, 0.5) is 20.3 Å². The zero-order valence-electron chi connectivity index (χ0n) is 27.8. The van der Waals surface area contributed by atoms with Crippen molar-refractivity contribution in [1.29, 1.82) is 0 Å². The molecule has 2 aromatic heterocycles. The molecule has 2 atom stereocenters. The Hall–Kier alpha value is -4.58. The number of halogens is 3. The fraction of sp³-hybridized carbons (Fsp3) is 0.400. The van der Waals surface area contributed by atoms with Crippen LogP contribution in [-0.2, 0) is 4.79 Å². The highest BCUT2D eigenvalue weighted by Gasteiger charge is 2.40. The van der Waals surface area contributed by atoms with Crippen molar-refractivity contribution in [3.8, 4) is 22.6 Å². The highest BCUT2D eigenvalue weighted by atomic mass is 35.5. The Morgan fingerprint density at radius 1 is 1.08 bits per heavy atom. The third-order valence-corrected chi connectivity index (χ3v) is 9.67. The largest absolute Gasteiger partial charge is 0.507 e. The smallest absolute Gasteiger partial charge is 0.354 e. The van der Waals surface area contributed by atoms with Gasteiger partial charge in [-0.25, -0.2) is 23.5 Å². The minimum atomic E-state index is -1.01. The van der Waals surface area contributed by atoms with Crippen molar-refractivity contribution in [3.05, 3.63) is 75.7 Å². The standard InChI is InChI=1S/C35H38ClF2N7O3/c1-8-23(47)43-14-19(6)44-20(15-43)12-13-42(7)31-26-32(28(38)25(27(31)36)24-21(37)10-9-11-22(24)46)45(35(48)41-34(26)44)33-29(17(2)3)39-16-40-30(33)18(4)5/h8-11,16-20,46H,1,12-15H2,2-7H3. The molecule has 13 heteroatoms. The number of benzene rings is 2. The number of phenolic OH excluding ortho intramolecular Hbond substituents is 1. The molecule has 252 valence electrons. The summed E-state index contributed by atoms with van der Waals surface area (Å²) in [5.41, 5.74) is -0.166. The summed E-state index contributed by atoms with van der Waals surface area (Å²) in [6.45, 7) is 14.3. The lowest BCUT2D eigenvalue weighted by atomic mass is 9.95. The second-order valence-corrected chi connectivity index (χ2v) is 13.5. The highest BCUT2D eigenvalue weighted by molar-refractivity contribution is 6.38. The number of piperazine rings is 1. The van der Waals surface area contributed by atoms with Gasteiger partial charge in [-0.1, -0.05) is 51.9 Å². The Bertz CT molecular complexity index is 1990. The molecule has 1 fully saturated rings. The summed E-state index contributed by atoms with van der Waals surface area (Å²) < 4.78 is 34.4. The molecule has 2 aliphatic rings. The molecule has 0 saturated carbocycles. The number of hydrogen-bond acceptors (Lipinski definition) is 8. The fourth-order valence-electron chi connectivity index (χ4n) is 7.15. The van der Waals surface area contributed by atoms with Crippen LogP contribution in [0, 0.1) is 11.6 Å². The Balaban J connectivity index is 1.84. The molecule has 1 saturated heterocycles. The molecular formula is C35H38ClF2N7O3. The number of carbonyl (C=O) groups excluding carboxylic acids is 1. The molecule has 2 aliphatic heterocycles. The van der Waals surface area contributed by atoms with Gasteiger partial charge in [0.25, 0.3) is 0 Å². The number of carbonyl (C=O) groups is 1. The minimum Gasteiger partial charge on any atom is -0.507 e. The SMILES string of the molecule is C=CC(=O)N1CC(C)N2c3nc(=O)n(-c4c(C(C)C)ncnc4C(C)C)c4c(F)c(-c5c(O)cccc5F)c(Cl)c(c34)N(C)CCC2C1. The van der Waals surface area contributed by atoms with Gasteiger partial charge < -0.3 is 19.8 Å². The number of amides is 1. The number of hydrogen-bond donors (Lipinski definition) is 1. The van der Waals surface area contributed by atoms with E-state index in [1.165, 1.54) is 29.1 Å². The van der Waals surface area contributed by atoms with Gasteiger partial charge in [0.15, 0.2) is 5.82 Å². The van der Waals surface area contributed by atoms with Gasteiger partial charge in [-0.05, 0) is 43.4 Å². The minimum absolute atomic E-state index is 0.139. The number of aromatic nitrogens is 4. The Kier molecular flexibility index (Phi) is 8.65. The molecule has 0 radical (unpaired) electrons. The topological polar surface area (TPSA) is 108 Å². The van der Waals surface area contributed by atoms with Gasteiger partial charge >= 0.3 is 5.69 Å². The molecule has 0 spiro atoms. The van der Waals surface area contributed by atoms with E-state index >= 15 is 8.78 Å². The number of nitrogens with zero attached hydrogens (tertiary/aromatic N) is 7. The summed E-state index contributed by atoms with van der Waals surface area (Å²) in [6, 6.07) is 3.07. The average molecular weight is 678 g/mol. The molecule has 0 aliphatic carbocycles. The van der Waals surface area contributed by atoms with Crippen LogP contribution in [-0.4, -0.2) is 74.2 Å². The lowest BCUT2D eigenvalue weighted by Gasteiger charge is -2.48. The zero-order chi connectivity index (χ0) is 34.8. The lowest BCUT2D eigenvalue weighted by molar-refractivity contribution is -0.127. The molecule has 4 heterocycles. The van der Waals surface area contributed by atoms with Crippen LogP contribution in [0.15, 0.2) is 42.0 Å². The van der Waals surface area contributed by atoms with E-state index < -0.39 is 28.6 Å². The van der Waals surface area contributed by atoms with Gasteiger partial charge in [0.05, 0.1) is 44.8 Å². The molecule has 6 rings (SSSR count). The zero-order valence-corrected chi connectivity index (χ0v) is 28.5. The maximum Gasteiger partial charge on any atom is 0.354 e. The maximum atomic E-state index is 17.7. The summed E-state index contributed by atoms with van der Waals surface area (Å²) in [4.78, 5) is 46.5. The third kappa shape index (κ3) is 5.17. The predicted molar refractivity (Wildman–Crippen MR) is 184 cm³/mol. The molecule has 1 amide bonds. The van der Waals surface area contributed by atoms with Gasteiger partial charge in [0.1, 0.15) is 29.2 Å². The van der Waals surface area contributed by atoms with Crippen LogP contribution in [0.25, 0.3) is 27.7 Å². The quantitative estimate of drug-likeness (QED) is 0.251. The van der Waals surface area contributed by atoms with Crippen LogP contribution in [0.3, 0.4) is 0 Å². The molecule has 2 aromatic carbocycles. The van der Waals surface area contributed by atoms with Crippen molar-refractivity contribution in [2.24, 2.45) is 0 Å². The van der Waals surface area contributed by atoms with E-state index in [-0.39, 0.29) is 62.8 Å². The second kappa shape index (κ2) is 12.5. The first-order valence-electron chi connectivity index (χ1n) is 16.0. The van der Waals surface area contributed by atoms with Gasteiger partial charge in [-0.2, -0.15) is 4.98 Å². The van der Waals surface area contributed by atoms with Crippen molar-refractivity contribution in [2.75, 3.05) is 36.5 Å². The average Bonchev–Trinajstić information content (AvgIpc) is 3.03. The number of phenols is 1. The van der Waals surface area contributed by atoms with Crippen molar-refractivity contribution in [3.63, 3.8) is 0 Å². The third-order valence-electron chi connectivity index (χ3n) is 9.30. The van der Waals surface area contributed by atoms with Crippen LogP contribution in [0.5, 0.6) is 5.75 Å². The van der Waals surface area contributed by atoms with E-state index in [0.29, 0.717) is 43.1 Å². The maximum absolute atomic E-state index is 17.7. The van der Waals surface area contributed by atoms with Crippen molar-refractivity contribution < 1.29 is 18.7 Å². The first-order chi connectivity index (χ1) is 22.8. The Morgan fingerprint density at radius 2 is 1.75 bits per heavy atom. The molecular weight excluding hydrogens is 640 g/mol. The molecule has 2 unspecified atom stereocenters. The molecule has 4 aromatic rings. The van der Waals surface area contributed by atoms with Crippen LogP contribution in [0.1, 0.15) is 64.3 Å². The van der Waals surface area contributed by atoms with Gasteiger partial charge in [0, 0.05) is 38.3 Å². The molecule has 1 N–H and O–H groups in total. The van der Waals surface area contributed by atoms with E-state index in [9.17, 15) is 14.7 Å². The number of aromatic hydroxyl groups is 1. The summed E-state index contributed by atoms with van der Waals surface area (Å²) >= 11 is 7.11. The fourth-order valence-corrected chi connectivity index (χ4v) is 7.57. The highest BCUT2D eigenvalue weighted by Crippen LogP contribution is 2.50. The number of anilines is 2. The first-order valence-corrected chi connectivity index (χ1v) is 16.4. The summed E-state index contributed by atoms with van der Waals surface area (Å²) in [7, 11) is 1.78. The summed E-state index contributed by atoms with van der Waals surface area (Å²) in [5, 5.41) is 11.0. The van der Waals surface area contributed by atoms with E-state index in [4.69, 9.17) is 11.6 Å².